The Balaban J connectivity index is 1.63. The van der Waals surface area contributed by atoms with Gasteiger partial charge in [-0.15, -0.1) is 26.3 Å². The van der Waals surface area contributed by atoms with Gasteiger partial charge in [0, 0.05) is 16.9 Å². The normalized spacial score (nSPS) is 16.1. The lowest BCUT2D eigenvalue weighted by atomic mass is 10.1. The number of nitrogens with zero attached hydrogens (tertiary/aromatic N) is 1. The molecule has 1 unspecified atom stereocenters. The van der Waals surface area contributed by atoms with Gasteiger partial charge in [0.2, 0.25) is 0 Å². The van der Waals surface area contributed by atoms with Gasteiger partial charge < -0.3 is 14.8 Å². The Kier molecular flexibility index (Phi) is 6.53. The number of amides is 1. The molecule has 1 heterocycles. The van der Waals surface area contributed by atoms with Gasteiger partial charge in [-0.05, 0) is 60.7 Å². The molecule has 0 saturated carbocycles. The molecule has 5 nitrogen and oxygen atoms in total. The molecule has 1 aliphatic heterocycles. The second-order valence-electron chi connectivity index (χ2n) is 7.46. The second-order valence-corrected chi connectivity index (χ2v) is 7.46. The molecule has 36 heavy (non-hydrogen) atoms. The van der Waals surface area contributed by atoms with E-state index < -0.39 is 42.0 Å². The first kappa shape index (κ1) is 24.9. The van der Waals surface area contributed by atoms with Crippen LogP contribution in [0.5, 0.6) is 11.5 Å². The van der Waals surface area contributed by atoms with Crippen molar-refractivity contribution < 1.29 is 45.0 Å². The molecule has 188 valence electrons. The molecule has 3 aromatic carbocycles. The van der Waals surface area contributed by atoms with Crippen LogP contribution in [-0.4, -0.2) is 18.6 Å². The maximum atomic E-state index is 14.6. The van der Waals surface area contributed by atoms with Gasteiger partial charge in [0.25, 0.3) is 5.91 Å². The lowest BCUT2D eigenvalue weighted by Gasteiger charge is -2.26. The monoisotopic (exact) mass is 512 g/mol. The number of nitrogens with one attached hydrogen (secondary N) is 1. The van der Waals surface area contributed by atoms with E-state index in [1.54, 1.807) is 6.07 Å². The summed E-state index contributed by atoms with van der Waals surface area (Å²) in [7, 11) is 0. The third-order valence-electron chi connectivity index (χ3n) is 4.99. The van der Waals surface area contributed by atoms with Crippen LogP contribution in [0.3, 0.4) is 0 Å². The number of anilines is 2. The standard InChI is InChI=1S/C24H15F7N2O3/c25-19-4-2-1-3-18(19)21-13-20(32-14-5-9-16(10-6-14)35-23(26,27)28)22(34)33(21)15-7-11-17(12-8-15)36-24(29,30)31/h1-13,21,32H. The van der Waals surface area contributed by atoms with Gasteiger partial charge in [-0.3, -0.25) is 9.69 Å². The van der Waals surface area contributed by atoms with Crippen molar-refractivity contribution in [1.82, 2.24) is 0 Å². The number of hydrogen-bond donors (Lipinski definition) is 1. The maximum Gasteiger partial charge on any atom is 0.573 e. The summed E-state index contributed by atoms with van der Waals surface area (Å²) < 4.78 is 96.9. The van der Waals surface area contributed by atoms with Crippen molar-refractivity contribution in [2.75, 3.05) is 10.2 Å². The Labute approximate surface area is 199 Å². The molecule has 1 N–H and O–H groups in total. The molecule has 0 bridgehead atoms. The Morgan fingerprint density at radius 1 is 0.750 bits per heavy atom. The molecule has 3 aromatic rings. The van der Waals surface area contributed by atoms with E-state index in [-0.39, 0.29) is 22.6 Å². The third kappa shape index (κ3) is 5.88. The van der Waals surface area contributed by atoms with Gasteiger partial charge in [0.15, 0.2) is 0 Å². The lowest BCUT2D eigenvalue weighted by molar-refractivity contribution is -0.275. The first-order valence-corrected chi connectivity index (χ1v) is 10.2. The van der Waals surface area contributed by atoms with E-state index in [0.29, 0.717) is 0 Å². The highest BCUT2D eigenvalue weighted by molar-refractivity contribution is 6.11. The maximum absolute atomic E-state index is 14.6. The topological polar surface area (TPSA) is 50.8 Å². The minimum atomic E-state index is -4.90. The largest absolute Gasteiger partial charge is 0.573 e. The third-order valence-corrected chi connectivity index (χ3v) is 4.99. The highest BCUT2D eigenvalue weighted by atomic mass is 19.4. The van der Waals surface area contributed by atoms with Gasteiger partial charge in [-0.2, -0.15) is 0 Å². The number of benzene rings is 3. The number of hydrogen-bond acceptors (Lipinski definition) is 4. The number of rotatable bonds is 6. The van der Waals surface area contributed by atoms with Crippen molar-refractivity contribution in [2.24, 2.45) is 0 Å². The molecule has 0 radical (unpaired) electrons. The van der Waals surface area contributed by atoms with Crippen LogP contribution in [0.2, 0.25) is 0 Å². The van der Waals surface area contributed by atoms with E-state index in [4.69, 9.17) is 0 Å². The zero-order valence-corrected chi connectivity index (χ0v) is 17.9. The molecule has 1 aliphatic rings. The van der Waals surface area contributed by atoms with Crippen molar-refractivity contribution in [2.45, 2.75) is 18.8 Å². The summed E-state index contributed by atoms with van der Waals surface area (Å²) in [6.45, 7) is 0. The average molecular weight is 512 g/mol. The number of ether oxygens (including phenoxy) is 2. The van der Waals surface area contributed by atoms with Crippen LogP contribution in [-0.2, 0) is 4.79 Å². The predicted octanol–water partition coefficient (Wildman–Crippen LogP) is 6.71. The van der Waals surface area contributed by atoms with Crippen LogP contribution < -0.4 is 19.7 Å². The van der Waals surface area contributed by atoms with E-state index in [9.17, 15) is 35.5 Å². The molecule has 0 fully saturated rings. The SMILES string of the molecule is O=C1C(Nc2ccc(OC(F)(F)F)cc2)=CC(c2ccccc2F)N1c1ccc(OC(F)(F)F)cc1. The van der Waals surface area contributed by atoms with E-state index in [1.807, 2.05) is 0 Å². The number of carbonyl (C=O) groups is 1. The molecule has 1 atom stereocenters. The molecule has 1 amide bonds. The summed E-state index contributed by atoms with van der Waals surface area (Å²) in [4.78, 5) is 14.4. The summed E-state index contributed by atoms with van der Waals surface area (Å²) in [5, 5.41) is 2.78. The minimum absolute atomic E-state index is 0.0247. The molecule has 0 aromatic heterocycles. The van der Waals surface area contributed by atoms with Crippen LogP contribution >= 0.6 is 0 Å². The quantitative estimate of drug-likeness (QED) is 0.373. The van der Waals surface area contributed by atoms with Gasteiger partial charge >= 0.3 is 12.7 Å². The molecular weight excluding hydrogens is 497 g/mol. The van der Waals surface area contributed by atoms with E-state index in [0.717, 1.165) is 24.3 Å². The molecule has 4 rings (SSSR count). The van der Waals surface area contributed by atoms with Crippen LogP contribution in [0, 0.1) is 5.82 Å². The fourth-order valence-electron chi connectivity index (χ4n) is 3.58. The highest BCUT2D eigenvalue weighted by Crippen LogP contribution is 2.38. The lowest BCUT2D eigenvalue weighted by Crippen LogP contribution is -2.31. The first-order valence-electron chi connectivity index (χ1n) is 10.2. The van der Waals surface area contributed by atoms with Gasteiger partial charge in [-0.25, -0.2) is 4.39 Å². The van der Waals surface area contributed by atoms with Gasteiger partial charge in [0.1, 0.15) is 23.0 Å². The van der Waals surface area contributed by atoms with Crippen molar-refractivity contribution >= 4 is 17.3 Å². The Morgan fingerprint density at radius 2 is 1.28 bits per heavy atom. The van der Waals surface area contributed by atoms with Crippen molar-refractivity contribution in [3.05, 3.63) is 96.0 Å². The summed E-state index contributed by atoms with van der Waals surface area (Å²) in [6.07, 6.45) is -8.37. The summed E-state index contributed by atoms with van der Waals surface area (Å²) >= 11 is 0. The van der Waals surface area contributed by atoms with Crippen LogP contribution in [0.1, 0.15) is 11.6 Å². The fourth-order valence-corrected chi connectivity index (χ4v) is 3.58. The zero-order valence-electron chi connectivity index (χ0n) is 17.9. The van der Waals surface area contributed by atoms with Crippen LogP contribution in [0.15, 0.2) is 84.6 Å². The minimum Gasteiger partial charge on any atom is -0.406 e. The Morgan fingerprint density at radius 3 is 1.81 bits per heavy atom. The Hall–Kier alpha value is -4.22. The summed E-state index contributed by atoms with van der Waals surface area (Å²) in [5.41, 5.74) is 0.493. The number of halogens is 7. The van der Waals surface area contributed by atoms with E-state index >= 15 is 0 Å². The molecule has 0 saturated heterocycles. The second kappa shape index (κ2) is 9.44. The summed E-state index contributed by atoms with van der Waals surface area (Å²) in [6, 6.07) is 13.7. The van der Waals surface area contributed by atoms with Gasteiger partial charge in [-0.1, -0.05) is 18.2 Å². The van der Waals surface area contributed by atoms with Crippen LogP contribution in [0.4, 0.5) is 42.1 Å². The van der Waals surface area contributed by atoms with Gasteiger partial charge in [0.05, 0.1) is 6.04 Å². The van der Waals surface area contributed by atoms with Crippen molar-refractivity contribution in [3.63, 3.8) is 0 Å². The van der Waals surface area contributed by atoms with Crippen molar-refractivity contribution in [1.29, 1.82) is 0 Å². The first-order chi connectivity index (χ1) is 16.9. The van der Waals surface area contributed by atoms with Crippen LogP contribution in [0.25, 0.3) is 0 Å². The molecule has 0 aliphatic carbocycles. The number of alkyl halides is 6. The Bertz CT molecular complexity index is 1270. The highest BCUT2D eigenvalue weighted by Gasteiger charge is 2.37. The smallest absolute Gasteiger partial charge is 0.406 e. The summed E-state index contributed by atoms with van der Waals surface area (Å²) in [5.74, 6) is -2.24. The molecular formula is C24H15F7N2O3. The van der Waals surface area contributed by atoms with Crippen molar-refractivity contribution in [3.8, 4) is 11.5 Å². The zero-order chi connectivity index (χ0) is 26.1. The average Bonchev–Trinajstić information content (AvgIpc) is 3.09. The predicted molar refractivity (Wildman–Crippen MR) is 115 cm³/mol. The van der Waals surface area contributed by atoms with E-state index in [2.05, 4.69) is 14.8 Å². The molecule has 0 spiro atoms. The fraction of sp³-hybridized carbons (Fsp3) is 0.125. The molecule has 12 heteroatoms. The van der Waals surface area contributed by atoms with E-state index in [1.165, 1.54) is 53.4 Å². The number of carbonyl (C=O) groups excluding carboxylic acids is 1.